The molecule has 1 heterocycles. The Bertz CT molecular complexity index is 669. The summed E-state index contributed by atoms with van der Waals surface area (Å²) >= 11 is 1.22. The van der Waals surface area contributed by atoms with Gasteiger partial charge in [-0.3, -0.25) is 9.59 Å². The first-order valence-corrected chi connectivity index (χ1v) is 6.64. The van der Waals surface area contributed by atoms with E-state index in [9.17, 15) is 14.0 Å². The molecule has 2 N–H and O–H groups in total. The first-order chi connectivity index (χ1) is 9.45. The lowest BCUT2D eigenvalue weighted by Crippen LogP contribution is -2.06. The highest BCUT2D eigenvalue weighted by Gasteiger charge is 2.11. The molecule has 0 aliphatic carbocycles. The molecule has 0 atom stereocenters. The van der Waals surface area contributed by atoms with E-state index >= 15 is 0 Å². The van der Waals surface area contributed by atoms with Crippen molar-refractivity contribution in [1.29, 1.82) is 0 Å². The molecular weight excluding hydrogens is 281 g/mol. The molecule has 1 aromatic heterocycles. The molecule has 0 aliphatic heterocycles. The zero-order valence-electron chi connectivity index (χ0n) is 10.9. The molecule has 2 rings (SSSR count). The summed E-state index contributed by atoms with van der Waals surface area (Å²) in [6.07, 6.45) is 0. The number of anilines is 2. The highest BCUT2D eigenvalue weighted by atomic mass is 32.1. The van der Waals surface area contributed by atoms with E-state index in [1.807, 2.05) is 0 Å². The van der Waals surface area contributed by atoms with Gasteiger partial charge >= 0.3 is 0 Å². The van der Waals surface area contributed by atoms with Crippen LogP contribution in [0.3, 0.4) is 0 Å². The topological polar surface area (TPSA) is 71.1 Å². The number of rotatable bonds is 3. The molecule has 20 heavy (non-hydrogen) atoms. The van der Waals surface area contributed by atoms with Gasteiger partial charge in [-0.1, -0.05) is 0 Å². The average Bonchev–Trinajstić information content (AvgIpc) is 2.75. The van der Waals surface area contributed by atoms with Gasteiger partial charge in [0.25, 0.3) is 0 Å². The average molecular weight is 293 g/mol. The lowest BCUT2D eigenvalue weighted by molar-refractivity contribution is -0.115. The van der Waals surface area contributed by atoms with Crippen LogP contribution in [-0.4, -0.2) is 16.8 Å². The van der Waals surface area contributed by atoms with Gasteiger partial charge in [0.2, 0.25) is 11.8 Å². The number of amides is 2. The van der Waals surface area contributed by atoms with Crippen LogP contribution in [0.5, 0.6) is 0 Å². The second-order valence-corrected chi connectivity index (χ2v) is 4.95. The number of carbonyl (C=O) groups is 2. The largest absolute Gasteiger partial charge is 0.326 e. The highest BCUT2D eigenvalue weighted by molar-refractivity contribution is 7.14. The minimum Gasteiger partial charge on any atom is -0.326 e. The Morgan fingerprint density at radius 3 is 2.50 bits per heavy atom. The predicted molar refractivity (Wildman–Crippen MR) is 76.1 cm³/mol. The predicted octanol–water partition coefficient (Wildman–Crippen LogP) is 2.87. The van der Waals surface area contributed by atoms with E-state index in [1.54, 1.807) is 11.4 Å². The minimum absolute atomic E-state index is 0.229. The van der Waals surface area contributed by atoms with Gasteiger partial charge < -0.3 is 10.6 Å². The van der Waals surface area contributed by atoms with Crippen molar-refractivity contribution >= 4 is 34.0 Å². The summed E-state index contributed by atoms with van der Waals surface area (Å²) in [4.78, 5) is 25.9. The standard InChI is InChI=1S/C13H12FN3O2S/c1-7(18)15-9-3-4-10(11(14)5-9)12-6-20-13(17-12)16-8(2)19/h3-6H,1-2H3,(H,15,18)(H,16,17,19). The van der Waals surface area contributed by atoms with Crippen molar-refractivity contribution in [1.82, 2.24) is 4.98 Å². The van der Waals surface area contributed by atoms with Crippen LogP contribution in [0.15, 0.2) is 23.6 Å². The Morgan fingerprint density at radius 1 is 1.20 bits per heavy atom. The van der Waals surface area contributed by atoms with Gasteiger partial charge in [0.05, 0.1) is 5.69 Å². The Balaban J connectivity index is 2.26. The normalized spacial score (nSPS) is 10.2. The quantitative estimate of drug-likeness (QED) is 0.914. The molecule has 0 fully saturated rings. The Kier molecular flexibility index (Phi) is 4.09. The lowest BCUT2D eigenvalue weighted by atomic mass is 10.1. The number of halogens is 1. The Morgan fingerprint density at radius 2 is 1.90 bits per heavy atom. The monoisotopic (exact) mass is 293 g/mol. The SMILES string of the molecule is CC(=O)Nc1ccc(-c2csc(NC(C)=O)n2)c(F)c1. The number of hydrogen-bond acceptors (Lipinski definition) is 4. The third-order valence-electron chi connectivity index (χ3n) is 2.35. The van der Waals surface area contributed by atoms with Crippen molar-refractivity contribution in [2.75, 3.05) is 10.6 Å². The van der Waals surface area contributed by atoms with Crippen molar-refractivity contribution in [3.63, 3.8) is 0 Å². The third kappa shape index (κ3) is 3.39. The van der Waals surface area contributed by atoms with E-state index in [0.29, 0.717) is 22.1 Å². The van der Waals surface area contributed by atoms with Crippen LogP contribution in [0.2, 0.25) is 0 Å². The first kappa shape index (κ1) is 14.1. The molecule has 0 bridgehead atoms. The Hall–Kier alpha value is -2.28. The smallest absolute Gasteiger partial charge is 0.223 e. The molecule has 0 saturated heterocycles. The van der Waals surface area contributed by atoms with Gasteiger partial charge in [-0.2, -0.15) is 0 Å². The summed E-state index contributed by atoms with van der Waals surface area (Å²) in [6.45, 7) is 2.73. The van der Waals surface area contributed by atoms with Gasteiger partial charge in [0.15, 0.2) is 5.13 Å². The minimum atomic E-state index is -0.490. The van der Waals surface area contributed by atoms with E-state index in [1.165, 1.54) is 37.3 Å². The van der Waals surface area contributed by atoms with Crippen LogP contribution in [0.25, 0.3) is 11.3 Å². The van der Waals surface area contributed by atoms with Crippen LogP contribution >= 0.6 is 11.3 Å². The summed E-state index contributed by atoms with van der Waals surface area (Å²) in [5.41, 5.74) is 1.13. The molecule has 5 nitrogen and oxygen atoms in total. The third-order valence-corrected chi connectivity index (χ3v) is 3.11. The highest BCUT2D eigenvalue weighted by Crippen LogP contribution is 2.28. The first-order valence-electron chi connectivity index (χ1n) is 5.76. The molecule has 0 spiro atoms. The summed E-state index contributed by atoms with van der Waals surface area (Å²) in [5.74, 6) is -0.984. The molecule has 7 heteroatoms. The zero-order valence-corrected chi connectivity index (χ0v) is 11.7. The lowest BCUT2D eigenvalue weighted by Gasteiger charge is -2.04. The van der Waals surface area contributed by atoms with E-state index < -0.39 is 5.82 Å². The van der Waals surface area contributed by atoms with Crippen molar-refractivity contribution in [2.24, 2.45) is 0 Å². The van der Waals surface area contributed by atoms with Crippen LogP contribution in [0.1, 0.15) is 13.8 Å². The number of hydrogen-bond donors (Lipinski definition) is 2. The van der Waals surface area contributed by atoms with E-state index in [0.717, 1.165) is 0 Å². The molecule has 1 aromatic carbocycles. The number of thiazole rings is 1. The van der Waals surface area contributed by atoms with Crippen molar-refractivity contribution < 1.29 is 14.0 Å². The second kappa shape index (κ2) is 5.79. The summed E-state index contributed by atoms with van der Waals surface area (Å²) in [5, 5.41) is 7.11. The fourth-order valence-electron chi connectivity index (χ4n) is 1.61. The van der Waals surface area contributed by atoms with Crippen molar-refractivity contribution in [2.45, 2.75) is 13.8 Å². The molecule has 0 radical (unpaired) electrons. The van der Waals surface area contributed by atoms with Crippen molar-refractivity contribution in [3.8, 4) is 11.3 Å². The van der Waals surface area contributed by atoms with Crippen LogP contribution in [-0.2, 0) is 9.59 Å². The van der Waals surface area contributed by atoms with Crippen molar-refractivity contribution in [3.05, 3.63) is 29.4 Å². The molecule has 0 aliphatic rings. The number of aromatic nitrogens is 1. The van der Waals surface area contributed by atoms with Gasteiger partial charge in [-0.15, -0.1) is 11.3 Å². The molecule has 104 valence electrons. The summed E-state index contributed by atoms with van der Waals surface area (Å²) in [6, 6.07) is 4.36. The van der Waals surface area contributed by atoms with Gasteiger partial charge in [-0.25, -0.2) is 9.37 Å². The second-order valence-electron chi connectivity index (χ2n) is 4.09. The van der Waals surface area contributed by atoms with E-state index in [2.05, 4.69) is 15.6 Å². The maximum Gasteiger partial charge on any atom is 0.223 e. The zero-order chi connectivity index (χ0) is 14.7. The number of nitrogens with zero attached hydrogens (tertiary/aromatic N) is 1. The van der Waals surface area contributed by atoms with Crippen LogP contribution in [0, 0.1) is 5.82 Å². The number of nitrogens with one attached hydrogen (secondary N) is 2. The van der Waals surface area contributed by atoms with E-state index in [4.69, 9.17) is 0 Å². The van der Waals surface area contributed by atoms with Crippen LogP contribution in [0.4, 0.5) is 15.2 Å². The molecule has 2 aromatic rings. The fourth-order valence-corrected chi connectivity index (χ4v) is 2.37. The van der Waals surface area contributed by atoms with Gasteiger partial charge in [0.1, 0.15) is 5.82 Å². The Labute approximate surface area is 118 Å². The molecule has 0 unspecified atom stereocenters. The fraction of sp³-hybridized carbons (Fsp3) is 0.154. The maximum atomic E-state index is 14.0. The number of carbonyl (C=O) groups excluding carboxylic acids is 2. The van der Waals surface area contributed by atoms with E-state index in [-0.39, 0.29) is 11.8 Å². The van der Waals surface area contributed by atoms with Crippen LogP contribution < -0.4 is 10.6 Å². The number of benzene rings is 1. The maximum absolute atomic E-state index is 14.0. The summed E-state index contributed by atoms with van der Waals surface area (Å²) in [7, 11) is 0. The molecular formula is C13H12FN3O2S. The molecule has 0 saturated carbocycles. The molecule has 2 amide bonds. The summed E-state index contributed by atoms with van der Waals surface area (Å²) < 4.78 is 14.0. The van der Waals surface area contributed by atoms with Gasteiger partial charge in [-0.05, 0) is 18.2 Å². The van der Waals surface area contributed by atoms with Gasteiger partial charge in [0, 0.05) is 30.5 Å².